The van der Waals surface area contributed by atoms with Crippen LogP contribution in [0.5, 0.6) is 23.3 Å². The Labute approximate surface area is 221 Å². The molecule has 5 heterocycles. The highest BCUT2D eigenvalue weighted by molar-refractivity contribution is 7.13. The number of para-hydroxylation sites is 1. The molecule has 1 aliphatic rings. The van der Waals surface area contributed by atoms with Crippen LogP contribution in [0.1, 0.15) is 28.3 Å². The molecule has 38 heavy (non-hydrogen) atoms. The number of hydrogen-bond donors (Lipinski definition) is 0. The summed E-state index contributed by atoms with van der Waals surface area (Å²) in [6.45, 7) is 1.99. The summed E-state index contributed by atoms with van der Waals surface area (Å²) in [6, 6.07) is 19.9. The Morgan fingerprint density at radius 1 is 0.921 bits per heavy atom. The van der Waals surface area contributed by atoms with Gasteiger partial charge >= 0.3 is 0 Å². The third kappa shape index (κ3) is 3.37. The number of thiophene rings is 1. The smallest absolute Gasteiger partial charge is 0.230 e. The SMILES string of the molecule is COc1ccc(C2c3c(C)nn(-c4ccccc4)c3Oc3ncn4nc(-c5cccs5)nc4c32)cc1OC. The van der Waals surface area contributed by atoms with Gasteiger partial charge in [0.2, 0.25) is 11.8 Å². The molecule has 1 aliphatic heterocycles. The van der Waals surface area contributed by atoms with Gasteiger partial charge in [-0.15, -0.1) is 16.4 Å². The van der Waals surface area contributed by atoms with E-state index in [0.717, 1.165) is 32.9 Å². The Balaban J connectivity index is 1.51. The summed E-state index contributed by atoms with van der Waals surface area (Å²) in [6.07, 6.45) is 1.64. The van der Waals surface area contributed by atoms with Gasteiger partial charge in [0, 0.05) is 0 Å². The summed E-state index contributed by atoms with van der Waals surface area (Å²) in [7, 11) is 3.26. The van der Waals surface area contributed by atoms with Crippen LogP contribution < -0.4 is 14.2 Å². The van der Waals surface area contributed by atoms with Crippen LogP contribution in [-0.2, 0) is 0 Å². The third-order valence-electron chi connectivity index (χ3n) is 6.70. The largest absolute Gasteiger partial charge is 0.493 e. The van der Waals surface area contributed by atoms with E-state index in [1.54, 1.807) is 36.4 Å². The van der Waals surface area contributed by atoms with E-state index in [4.69, 9.17) is 29.4 Å². The van der Waals surface area contributed by atoms with E-state index in [-0.39, 0.29) is 5.92 Å². The first-order valence-corrected chi connectivity index (χ1v) is 12.9. The van der Waals surface area contributed by atoms with E-state index in [1.165, 1.54) is 0 Å². The molecule has 10 heteroatoms. The minimum atomic E-state index is -0.289. The maximum absolute atomic E-state index is 6.50. The molecule has 9 nitrogen and oxygen atoms in total. The lowest BCUT2D eigenvalue weighted by Gasteiger charge is -2.26. The molecule has 0 saturated heterocycles. The first kappa shape index (κ1) is 22.5. The summed E-state index contributed by atoms with van der Waals surface area (Å²) < 4.78 is 21.2. The highest BCUT2D eigenvalue weighted by atomic mass is 32.1. The van der Waals surface area contributed by atoms with Gasteiger partial charge in [0.05, 0.1) is 47.5 Å². The Bertz CT molecular complexity index is 1790. The lowest BCUT2D eigenvalue weighted by molar-refractivity contribution is 0.354. The number of nitrogens with zero attached hydrogens (tertiary/aromatic N) is 6. The summed E-state index contributed by atoms with van der Waals surface area (Å²) >= 11 is 1.59. The molecule has 0 N–H and O–H groups in total. The Morgan fingerprint density at radius 3 is 2.53 bits per heavy atom. The minimum absolute atomic E-state index is 0.289. The molecule has 0 aliphatic carbocycles. The van der Waals surface area contributed by atoms with Gasteiger partial charge in [-0.05, 0) is 48.2 Å². The molecule has 1 atom stereocenters. The molecule has 4 aromatic heterocycles. The standard InChI is InChI=1S/C28H22N6O3S/c1-16-22-23(17-11-12-19(35-2)20(14-17)36-3)24-26-30-25(21-10-7-13-38-21)32-33(26)15-29-27(24)37-28(22)34(31-16)18-8-5-4-6-9-18/h4-15,23H,1-3H3. The lowest BCUT2D eigenvalue weighted by atomic mass is 9.84. The van der Waals surface area contributed by atoms with Crippen molar-refractivity contribution in [3.05, 3.63) is 94.8 Å². The van der Waals surface area contributed by atoms with Gasteiger partial charge in [0.1, 0.15) is 6.33 Å². The molecule has 1 unspecified atom stereocenters. The van der Waals surface area contributed by atoms with Crippen molar-refractivity contribution < 1.29 is 14.2 Å². The molecule has 6 aromatic rings. The molecular formula is C28H22N6O3S. The quantitative estimate of drug-likeness (QED) is 0.289. The number of benzene rings is 2. The zero-order valence-corrected chi connectivity index (χ0v) is 21.6. The molecule has 0 amide bonds. The summed E-state index contributed by atoms with van der Waals surface area (Å²) in [5.41, 5.74) is 5.14. The predicted molar refractivity (Wildman–Crippen MR) is 143 cm³/mol. The van der Waals surface area contributed by atoms with E-state index >= 15 is 0 Å². The average Bonchev–Trinajstić information content (AvgIpc) is 3.71. The van der Waals surface area contributed by atoms with Gasteiger partial charge < -0.3 is 14.2 Å². The number of fused-ring (bicyclic) bond motifs is 4. The van der Waals surface area contributed by atoms with Crippen LogP contribution >= 0.6 is 11.3 Å². The van der Waals surface area contributed by atoms with Crippen LogP contribution in [-0.4, -0.2) is 43.6 Å². The summed E-state index contributed by atoms with van der Waals surface area (Å²) in [4.78, 5) is 10.6. The number of aryl methyl sites for hydroxylation is 1. The first-order chi connectivity index (χ1) is 18.7. The van der Waals surface area contributed by atoms with Gasteiger partial charge in [0.15, 0.2) is 23.0 Å². The Morgan fingerprint density at radius 2 is 1.76 bits per heavy atom. The number of aromatic nitrogens is 6. The number of rotatable bonds is 5. The van der Waals surface area contributed by atoms with E-state index in [1.807, 2.05) is 77.6 Å². The highest BCUT2D eigenvalue weighted by Crippen LogP contribution is 2.50. The molecule has 0 bridgehead atoms. The molecule has 0 radical (unpaired) electrons. The fraction of sp³-hybridized carbons (Fsp3) is 0.143. The second-order valence-corrected chi connectivity index (χ2v) is 9.79. The molecule has 7 rings (SSSR count). The molecule has 0 saturated carbocycles. The summed E-state index contributed by atoms with van der Waals surface area (Å²) in [5.74, 6) is 2.72. The van der Waals surface area contributed by atoms with Crippen molar-refractivity contribution in [1.29, 1.82) is 0 Å². The van der Waals surface area contributed by atoms with Crippen molar-refractivity contribution >= 4 is 17.0 Å². The van der Waals surface area contributed by atoms with Gasteiger partial charge in [-0.1, -0.05) is 30.3 Å². The van der Waals surface area contributed by atoms with Crippen molar-refractivity contribution in [2.24, 2.45) is 0 Å². The van der Waals surface area contributed by atoms with Gasteiger partial charge in [-0.25, -0.2) is 19.2 Å². The topological polar surface area (TPSA) is 88.6 Å². The zero-order chi connectivity index (χ0) is 25.8. The minimum Gasteiger partial charge on any atom is -0.493 e. The summed E-state index contributed by atoms with van der Waals surface area (Å²) in [5, 5.41) is 11.6. The van der Waals surface area contributed by atoms with Crippen LogP contribution in [0.2, 0.25) is 0 Å². The lowest BCUT2D eigenvalue weighted by Crippen LogP contribution is -2.16. The maximum atomic E-state index is 6.50. The molecule has 0 spiro atoms. The van der Waals surface area contributed by atoms with E-state index in [0.29, 0.717) is 34.7 Å². The van der Waals surface area contributed by atoms with Crippen molar-refractivity contribution in [2.45, 2.75) is 12.8 Å². The van der Waals surface area contributed by atoms with Crippen LogP contribution in [0.3, 0.4) is 0 Å². The second-order valence-electron chi connectivity index (χ2n) is 8.85. The van der Waals surface area contributed by atoms with Crippen molar-refractivity contribution in [1.82, 2.24) is 29.4 Å². The zero-order valence-electron chi connectivity index (χ0n) is 20.8. The van der Waals surface area contributed by atoms with Crippen LogP contribution in [0.4, 0.5) is 0 Å². The van der Waals surface area contributed by atoms with Crippen molar-refractivity contribution in [3.8, 4) is 39.6 Å². The predicted octanol–water partition coefficient (Wildman–Crippen LogP) is 5.65. The number of ether oxygens (including phenoxy) is 3. The van der Waals surface area contributed by atoms with E-state index < -0.39 is 0 Å². The normalized spacial score (nSPS) is 14.1. The Hall–Kier alpha value is -4.70. The number of hydrogen-bond acceptors (Lipinski definition) is 8. The van der Waals surface area contributed by atoms with Gasteiger partial charge in [0.25, 0.3) is 0 Å². The molecule has 188 valence electrons. The first-order valence-electron chi connectivity index (χ1n) is 12.0. The highest BCUT2D eigenvalue weighted by Gasteiger charge is 2.38. The fourth-order valence-corrected chi connectivity index (χ4v) is 5.65. The van der Waals surface area contributed by atoms with E-state index in [2.05, 4.69) is 4.98 Å². The van der Waals surface area contributed by atoms with Crippen LogP contribution in [0, 0.1) is 6.92 Å². The van der Waals surface area contributed by atoms with Gasteiger partial charge in [-0.3, -0.25) is 0 Å². The molecule has 0 fully saturated rings. The van der Waals surface area contributed by atoms with Crippen molar-refractivity contribution in [3.63, 3.8) is 0 Å². The maximum Gasteiger partial charge on any atom is 0.230 e. The fourth-order valence-electron chi connectivity index (χ4n) is 5.00. The van der Waals surface area contributed by atoms with Gasteiger partial charge in [-0.2, -0.15) is 5.10 Å². The second kappa shape index (κ2) is 8.70. The van der Waals surface area contributed by atoms with Crippen LogP contribution in [0.25, 0.3) is 22.0 Å². The van der Waals surface area contributed by atoms with Crippen LogP contribution in [0.15, 0.2) is 72.4 Å². The monoisotopic (exact) mass is 522 g/mol. The van der Waals surface area contributed by atoms with Crippen molar-refractivity contribution in [2.75, 3.05) is 14.2 Å². The average molecular weight is 523 g/mol. The molecular weight excluding hydrogens is 500 g/mol. The Kier molecular flexibility index (Phi) is 5.15. The van der Waals surface area contributed by atoms with E-state index in [9.17, 15) is 0 Å². The number of methoxy groups -OCH3 is 2. The third-order valence-corrected chi connectivity index (χ3v) is 7.57. The molecule has 2 aromatic carbocycles.